The van der Waals surface area contributed by atoms with Crippen molar-refractivity contribution in [2.75, 3.05) is 7.11 Å². The van der Waals surface area contributed by atoms with Crippen molar-refractivity contribution in [3.8, 4) is 0 Å². The highest BCUT2D eigenvalue weighted by Gasteiger charge is 2.45. The van der Waals surface area contributed by atoms with Crippen LogP contribution in [0.25, 0.3) is 0 Å². The third-order valence-electron chi connectivity index (χ3n) is 4.42. The fraction of sp³-hybridized carbons (Fsp3) is 0.667. The average molecular weight is 294 g/mol. The van der Waals surface area contributed by atoms with Gasteiger partial charge in [0.1, 0.15) is 6.17 Å². The summed E-state index contributed by atoms with van der Waals surface area (Å²) in [5, 5.41) is 3.44. The van der Waals surface area contributed by atoms with Crippen molar-refractivity contribution in [2.24, 2.45) is 0 Å². The highest BCUT2D eigenvalue weighted by Crippen LogP contribution is 2.37. The third-order valence-corrected chi connectivity index (χ3v) is 5.47. The van der Waals surface area contributed by atoms with Crippen LogP contribution in [0.2, 0.25) is 0 Å². The molecule has 20 heavy (non-hydrogen) atoms. The van der Waals surface area contributed by atoms with Gasteiger partial charge in [0, 0.05) is 16.9 Å². The minimum Gasteiger partial charge on any atom is -0.379 e. The summed E-state index contributed by atoms with van der Waals surface area (Å²) in [4.78, 5) is 17.1. The molecular weight excluding hydrogens is 272 g/mol. The van der Waals surface area contributed by atoms with Gasteiger partial charge in [-0.3, -0.25) is 10.1 Å². The molecule has 110 valence electrons. The summed E-state index contributed by atoms with van der Waals surface area (Å²) in [7, 11) is 1.75. The number of amides is 1. The Morgan fingerprint density at radius 2 is 2.20 bits per heavy atom. The van der Waals surface area contributed by atoms with Gasteiger partial charge < -0.3 is 9.64 Å². The second kappa shape index (κ2) is 5.47. The molecule has 5 heteroatoms. The number of methoxy groups -OCH3 is 1. The van der Waals surface area contributed by atoms with Crippen LogP contribution in [0, 0.1) is 6.92 Å². The maximum Gasteiger partial charge on any atom is 0.241 e. The zero-order valence-corrected chi connectivity index (χ0v) is 13.1. The summed E-state index contributed by atoms with van der Waals surface area (Å²) in [6.45, 7) is 4.05. The Morgan fingerprint density at radius 3 is 2.85 bits per heavy atom. The van der Waals surface area contributed by atoms with Crippen LogP contribution in [-0.2, 0) is 9.53 Å². The Bertz CT molecular complexity index is 502. The fourth-order valence-electron chi connectivity index (χ4n) is 3.41. The van der Waals surface area contributed by atoms with Crippen molar-refractivity contribution in [3.05, 3.63) is 21.9 Å². The summed E-state index contributed by atoms with van der Waals surface area (Å²) in [5.74, 6) is 0.204. The highest BCUT2D eigenvalue weighted by molar-refractivity contribution is 7.12. The molecule has 3 rings (SSSR count). The molecule has 1 N–H and O–H groups in total. The van der Waals surface area contributed by atoms with Crippen molar-refractivity contribution in [3.63, 3.8) is 0 Å². The lowest BCUT2D eigenvalue weighted by Gasteiger charge is -2.33. The number of ether oxygens (including phenoxy) is 1. The van der Waals surface area contributed by atoms with E-state index in [0.717, 1.165) is 19.3 Å². The van der Waals surface area contributed by atoms with Gasteiger partial charge in [-0.2, -0.15) is 0 Å². The molecule has 1 aliphatic heterocycles. The first-order valence-corrected chi connectivity index (χ1v) is 8.11. The minimum atomic E-state index is -0.111. The van der Waals surface area contributed by atoms with Crippen molar-refractivity contribution in [1.29, 1.82) is 0 Å². The quantitative estimate of drug-likeness (QED) is 0.931. The van der Waals surface area contributed by atoms with E-state index in [-0.39, 0.29) is 30.3 Å². The number of nitrogens with one attached hydrogen (secondary N) is 1. The zero-order valence-electron chi connectivity index (χ0n) is 12.3. The Kier molecular flexibility index (Phi) is 3.84. The van der Waals surface area contributed by atoms with Gasteiger partial charge in [0.05, 0.1) is 18.2 Å². The van der Waals surface area contributed by atoms with E-state index in [2.05, 4.69) is 24.4 Å². The van der Waals surface area contributed by atoms with Gasteiger partial charge >= 0.3 is 0 Å². The van der Waals surface area contributed by atoms with Gasteiger partial charge in [-0.15, -0.1) is 11.3 Å². The van der Waals surface area contributed by atoms with E-state index in [4.69, 9.17) is 4.74 Å². The van der Waals surface area contributed by atoms with E-state index in [1.807, 2.05) is 11.8 Å². The van der Waals surface area contributed by atoms with Crippen molar-refractivity contribution < 1.29 is 9.53 Å². The van der Waals surface area contributed by atoms with E-state index >= 15 is 0 Å². The summed E-state index contributed by atoms with van der Waals surface area (Å²) in [6, 6.07) is 4.35. The summed E-state index contributed by atoms with van der Waals surface area (Å²) >= 11 is 1.76. The molecule has 0 spiro atoms. The Morgan fingerprint density at radius 1 is 1.40 bits per heavy atom. The summed E-state index contributed by atoms with van der Waals surface area (Å²) in [6.07, 6.45) is 3.42. The maximum atomic E-state index is 12.6. The Hall–Kier alpha value is -0.910. The van der Waals surface area contributed by atoms with Crippen LogP contribution >= 0.6 is 11.3 Å². The standard InChI is InChI=1S/C15H22N2O2S/c1-9-7-8-13(20-9)14-16-10(2)15(18)17(14)11-5-4-6-12(11)19-3/h7-8,10-12,14,16H,4-6H2,1-3H3. The number of carbonyl (C=O) groups is 1. The topological polar surface area (TPSA) is 41.6 Å². The molecule has 4 nitrogen and oxygen atoms in total. The second-order valence-electron chi connectivity index (χ2n) is 5.76. The first-order chi connectivity index (χ1) is 9.61. The largest absolute Gasteiger partial charge is 0.379 e. The van der Waals surface area contributed by atoms with E-state index in [1.54, 1.807) is 18.4 Å². The fourth-order valence-corrected chi connectivity index (χ4v) is 4.35. The number of hydrogen-bond donors (Lipinski definition) is 1. The molecule has 1 aliphatic carbocycles. The van der Waals surface area contributed by atoms with Gasteiger partial charge in [0.25, 0.3) is 0 Å². The molecule has 1 amide bonds. The average Bonchev–Trinajstić information content (AvgIpc) is 3.11. The predicted octanol–water partition coefficient (Wildman–Crippen LogP) is 2.44. The van der Waals surface area contributed by atoms with E-state index in [1.165, 1.54) is 9.75 Å². The number of thiophene rings is 1. The van der Waals surface area contributed by atoms with Crippen LogP contribution in [-0.4, -0.2) is 36.1 Å². The highest BCUT2D eigenvalue weighted by atomic mass is 32.1. The lowest BCUT2D eigenvalue weighted by atomic mass is 10.1. The van der Waals surface area contributed by atoms with Crippen LogP contribution in [0.1, 0.15) is 42.1 Å². The van der Waals surface area contributed by atoms with Crippen LogP contribution < -0.4 is 5.32 Å². The van der Waals surface area contributed by atoms with Gasteiger partial charge in [-0.05, 0) is 45.2 Å². The van der Waals surface area contributed by atoms with Crippen molar-refractivity contribution in [1.82, 2.24) is 10.2 Å². The molecular formula is C15H22N2O2S. The number of nitrogens with zero attached hydrogens (tertiary/aromatic N) is 1. The van der Waals surface area contributed by atoms with Crippen LogP contribution in [0.15, 0.2) is 12.1 Å². The molecule has 2 aliphatic rings. The molecule has 2 fully saturated rings. The van der Waals surface area contributed by atoms with E-state index in [0.29, 0.717) is 0 Å². The van der Waals surface area contributed by atoms with E-state index < -0.39 is 0 Å². The minimum absolute atomic E-state index is 0.0111. The molecule has 0 radical (unpaired) electrons. The molecule has 0 aromatic carbocycles. The lowest BCUT2D eigenvalue weighted by Crippen LogP contribution is -2.44. The van der Waals surface area contributed by atoms with E-state index in [9.17, 15) is 4.79 Å². The first kappa shape index (κ1) is 14.0. The third kappa shape index (κ3) is 2.28. The molecule has 4 unspecified atom stereocenters. The SMILES string of the molecule is COC1CCCC1N1C(=O)C(C)NC1c1ccc(C)s1. The number of hydrogen-bond acceptors (Lipinski definition) is 4. The number of carbonyl (C=O) groups excluding carboxylic acids is 1. The van der Waals surface area contributed by atoms with Gasteiger partial charge in [0.15, 0.2) is 0 Å². The molecule has 2 heterocycles. The van der Waals surface area contributed by atoms with Gasteiger partial charge in [-0.1, -0.05) is 0 Å². The molecule has 1 aromatic heterocycles. The van der Waals surface area contributed by atoms with Gasteiger partial charge in [-0.25, -0.2) is 0 Å². The normalized spacial score (nSPS) is 34.1. The molecule has 1 saturated carbocycles. The lowest BCUT2D eigenvalue weighted by molar-refractivity contribution is -0.134. The molecule has 0 bridgehead atoms. The number of aryl methyl sites for hydroxylation is 1. The monoisotopic (exact) mass is 294 g/mol. The Labute approximate surface area is 124 Å². The zero-order chi connectivity index (χ0) is 14.3. The first-order valence-electron chi connectivity index (χ1n) is 7.29. The predicted molar refractivity (Wildman–Crippen MR) is 79.7 cm³/mol. The Balaban J connectivity index is 1.90. The summed E-state index contributed by atoms with van der Waals surface area (Å²) in [5.41, 5.74) is 0. The van der Waals surface area contributed by atoms with Crippen molar-refractivity contribution >= 4 is 17.2 Å². The van der Waals surface area contributed by atoms with Crippen LogP contribution in [0.3, 0.4) is 0 Å². The van der Waals surface area contributed by atoms with Crippen LogP contribution in [0.5, 0.6) is 0 Å². The number of rotatable bonds is 3. The second-order valence-corrected chi connectivity index (χ2v) is 7.08. The smallest absolute Gasteiger partial charge is 0.241 e. The maximum absolute atomic E-state index is 12.6. The van der Waals surface area contributed by atoms with Crippen molar-refractivity contribution in [2.45, 2.75) is 57.5 Å². The molecule has 4 atom stereocenters. The summed E-state index contributed by atoms with van der Waals surface area (Å²) < 4.78 is 5.59. The van der Waals surface area contributed by atoms with Gasteiger partial charge in [0.2, 0.25) is 5.91 Å². The van der Waals surface area contributed by atoms with Crippen LogP contribution in [0.4, 0.5) is 0 Å². The molecule has 1 saturated heterocycles. The molecule has 1 aromatic rings.